The molecule has 2 rings (SSSR count). The Morgan fingerprint density at radius 3 is 2.48 bits per heavy atom. The van der Waals surface area contributed by atoms with Gasteiger partial charge in [-0.3, -0.25) is 9.48 Å². The molecule has 0 saturated carbocycles. The van der Waals surface area contributed by atoms with Crippen LogP contribution in [0.25, 0.3) is 0 Å². The zero-order valence-electron chi connectivity index (χ0n) is 12.7. The van der Waals surface area contributed by atoms with Crippen molar-refractivity contribution in [3.05, 3.63) is 11.9 Å². The fraction of sp³-hybridized carbons (Fsp3) is 0.643. The van der Waals surface area contributed by atoms with Crippen molar-refractivity contribution < 1.29 is 14.7 Å². The Morgan fingerprint density at radius 1 is 1.43 bits per heavy atom. The van der Waals surface area contributed by atoms with Crippen LogP contribution in [0.1, 0.15) is 31.9 Å². The first kappa shape index (κ1) is 15.3. The number of nitrogens with zero attached hydrogens (tertiary/aromatic N) is 3. The number of carboxylic acid groups (broad SMARTS) is 1. The van der Waals surface area contributed by atoms with E-state index in [-0.39, 0.29) is 6.03 Å². The summed E-state index contributed by atoms with van der Waals surface area (Å²) in [6.07, 6.45) is 3.35. The lowest BCUT2D eigenvalue weighted by Crippen LogP contribution is -2.47. The average molecular weight is 294 g/mol. The third-order valence-electron chi connectivity index (χ3n) is 4.39. The summed E-state index contributed by atoms with van der Waals surface area (Å²) in [5.74, 6) is -0.756. The average Bonchev–Trinajstić information content (AvgIpc) is 2.76. The van der Waals surface area contributed by atoms with Crippen molar-refractivity contribution in [2.24, 2.45) is 12.5 Å². The number of piperidine rings is 1. The second kappa shape index (κ2) is 5.75. The Hall–Kier alpha value is -2.05. The molecule has 0 atom stereocenters. The summed E-state index contributed by atoms with van der Waals surface area (Å²) in [7, 11) is 1.80. The molecule has 1 aromatic rings. The van der Waals surface area contributed by atoms with Gasteiger partial charge in [-0.25, -0.2) is 4.79 Å². The molecule has 2 amide bonds. The van der Waals surface area contributed by atoms with E-state index in [0.29, 0.717) is 38.0 Å². The number of hydrogen-bond donors (Lipinski definition) is 2. The van der Waals surface area contributed by atoms with Gasteiger partial charge >= 0.3 is 12.0 Å². The Morgan fingerprint density at radius 2 is 2.05 bits per heavy atom. The zero-order chi connectivity index (χ0) is 15.6. The van der Waals surface area contributed by atoms with Crippen LogP contribution >= 0.6 is 0 Å². The molecule has 2 heterocycles. The van der Waals surface area contributed by atoms with Gasteiger partial charge in [-0.1, -0.05) is 6.92 Å². The van der Waals surface area contributed by atoms with E-state index < -0.39 is 11.4 Å². The van der Waals surface area contributed by atoms with Crippen LogP contribution in [0.4, 0.5) is 10.5 Å². The number of rotatable bonds is 3. The first-order chi connectivity index (χ1) is 9.88. The fourth-order valence-electron chi connectivity index (χ4n) is 2.77. The minimum absolute atomic E-state index is 0.193. The molecule has 116 valence electrons. The summed E-state index contributed by atoms with van der Waals surface area (Å²) in [6, 6.07) is -0.193. The van der Waals surface area contributed by atoms with E-state index in [9.17, 15) is 14.7 Å². The highest BCUT2D eigenvalue weighted by atomic mass is 16.4. The number of aliphatic carboxylic acids is 1. The van der Waals surface area contributed by atoms with E-state index in [4.69, 9.17) is 0 Å². The van der Waals surface area contributed by atoms with Crippen molar-refractivity contribution in [1.29, 1.82) is 0 Å². The minimum Gasteiger partial charge on any atom is -0.481 e. The van der Waals surface area contributed by atoms with Crippen LogP contribution in [0.15, 0.2) is 6.20 Å². The van der Waals surface area contributed by atoms with E-state index in [1.165, 1.54) is 0 Å². The molecule has 0 aliphatic carbocycles. The number of anilines is 1. The third kappa shape index (κ3) is 3.01. The van der Waals surface area contributed by atoms with Gasteiger partial charge in [-0.05, 0) is 26.2 Å². The van der Waals surface area contributed by atoms with E-state index in [0.717, 1.165) is 5.69 Å². The van der Waals surface area contributed by atoms with Crippen molar-refractivity contribution >= 4 is 17.7 Å². The standard InChI is InChI=1S/C14H22N4O3/c1-4-14(12(19)20)5-7-18(8-6-14)13(21)15-11-9-17(3)16-10(11)2/h9H,4-8H2,1-3H3,(H,15,21)(H,19,20). The normalized spacial score (nSPS) is 17.6. The predicted octanol–water partition coefficient (Wildman–Crippen LogP) is 1.84. The fourth-order valence-corrected chi connectivity index (χ4v) is 2.77. The van der Waals surface area contributed by atoms with Crippen LogP contribution < -0.4 is 5.32 Å². The van der Waals surface area contributed by atoms with Crippen LogP contribution in [0.3, 0.4) is 0 Å². The van der Waals surface area contributed by atoms with Crippen LogP contribution in [0.2, 0.25) is 0 Å². The number of hydrogen-bond acceptors (Lipinski definition) is 3. The highest BCUT2D eigenvalue weighted by Crippen LogP contribution is 2.35. The van der Waals surface area contributed by atoms with Gasteiger partial charge in [0.05, 0.1) is 16.8 Å². The number of likely N-dealkylation sites (tertiary alicyclic amines) is 1. The summed E-state index contributed by atoms with van der Waals surface area (Å²) in [5, 5.41) is 16.4. The summed E-state index contributed by atoms with van der Waals surface area (Å²) < 4.78 is 1.65. The molecule has 21 heavy (non-hydrogen) atoms. The highest BCUT2D eigenvalue weighted by Gasteiger charge is 2.40. The molecule has 7 heteroatoms. The molecule has 1 saturated heterocycles. The van der Waals surface area contributed by atoms with Gasteiger partial charge in [0.15, 0.2) is 0 Å². The van der Waals surface area contributed by atoms with Crippen LogP contribution in [-0.4, -0.2) is 44.9 Å². The third-order valence-corrected chi connectivity index (χ3v) is 4.39. The number of urea groups is 1. The highest BCUT2D eigenvalue weighted by molar-refractivity contribution is 5.90. The number of aryl methyl sites for hydroxylation is 2. The summed E-state index contributed by atoms with van der Waals surface area (Å²) in [4.78, 5) is 25.3. The topological polar surface area (TPSA) is 87.5 Å². The van der Waals surface area contributed by atoms with Crippen molar-refractivity contribution in [2.45, 2.75) is 33.1 Å². The van der Waals surface area contributed by atoms with Crippen LogP contribution in [0.5, 0.6) is 0 Å². The SMILES string of the molecule is CCC1(C(=O)O)CCN(C(=O)Nc2cn(C)nc2C)CC1. The van der Waals surface area contributed by atoms with Gasteiger partial charge in [0.25, 0.3) is 0 Å². The molecule has 0 unspecified atom stereocenters. The first-order valence-corrected chi connectivity index (χ1v) is 7.17. The van der Waals surface area contributed by atoms with Crippen molar-refractivity contribution in [1.82, 2.24) is 14.7 Å². The van der Waals surface area contributed by atoms with Gasteiger partial charge in [-0.2, -0.15) is 5.10 Å². The Labute approximate surface area is 123 Å². The van der Waals surface area contributed by atoms with E-state index in [2.05, 4.69) is 10.4 Å². The Kier molecular flexibility index (Phi) is 4.20. The van der Waals surface area contributed by atoms with Crippen molar-refractivity contribution in [3.8, 4) is 0 Å². The predicted molar refractivity (Wildman–Crippen MR) is 78.1 cm³/mol. The summed E-state index contributed by atoms with van der Waals surface area (Å²) >= 11 is 0. The Bertz CT molecular complexity index is 544. The van der Waals surface area contributed by atoms with Crippen molar-refractivity contribution in [2.75, 3.05) is 18.4 Å². The lowest BCUT2D eigenvalue weighted by molar-refractivity contribution is -0.151. The van der Waals surface area contributed by atoms with Gasteiger partial charge < -0.3 is 15.3 Å². The van der Waals surface area contributed by atoms with Gasteiger partial charge in [-0.15, -0.1) is 0 Å². The maximum atomic E-state index is 12.2. The van der Waals surface area contributed by atoms with Gasteiger partial charge in [0, 0.05) is 26.3 Å². The number of aromatic nitrogens is 2. The quantitative estimate of drug-likeness (QED) is 0.890. The molecule has 0 bridgehead atoms. The minimum atomic E-state index is -0.756. The summed E-state index contributed by atoms with van der Waals surface area (Å²) in [6.45, 7) is 4.65. The van der Waals surface area contributed by atoms with E-state index in [1.807, 2.05) is 13.8 Å². The van der Waals surface area contributed by atoms with Crippen LogP contribution in [-0.2, 0) is 11.8 Å². The molecular weight excluding hydrogens is 272 g/mol. The molecule has 7 nitrogen and oxygen atoms in total. The molecule has 1 fully saturated rings. The van der Waals surface area contributed by atoms with E-state index in [1.54, 1.807) is 22.8 Å². The molecule has 1 aliphatic rings. The molecule has 1 aromatic heterocycles. The molecule has 0 aromatic carbocycles. The van der Waals surface area contributed by atoms with Gasteiger partial charge in [0.1, 0.15) is 0 Å². The smallest absolute Gasteiger partial charge is 0.321 e. The molecule has 2 N–H and O–H groups in total. The maximum Gasteiger partial charge on any atom is 0.321 e. The second-order valence-corrected chi connectivity index (χ2v) is 5.66. The Balaban J connectivity index is 1.97. The zero-order valence-corrected chi connectivity index (χ0v) is 12.7. The molecule has 0 radical (unpaired) electrons. The summed E-state index contributed by atoms with van der Waals surface area (Å²) in [5.41, 5.74) is 0.769. The lowest BCUT2D eigenvalue weighted by Gasteiger charge is -2.38. The van der Waals surface area contributed by atoms with Gasteiger partial charge in [0.2, 0.25) is 0 Å². The van der Waals surface area contributed by atoms with Crippen molar-refractivity contribution in [3.63, 3.8) is 0 Å². The maximum absolute atomic E-state index is 12.2. The largest absolute Gasteiger partial charge is 0.481 e. The number of carbonyl (C=O) groups excluding carboxylic acids is 1. The molecular formula is C14H22N4O3. The second-order valence-electron chi connectivity index (χ2n) is 5.66. The first-order valence-electron chi connectivity index (χ1n) is 7.17. The lowest BCUT2D eigenvalue weighted by atomic mass is 9.76. The number of amides is 2. The molecule has 1 aliphatic heterocycles. The number of carboxylic acids is 1. The molecule has 0 spiro atoms. The number of nitrogens with one attached hydrogen (secondary N) is 1. The monoisotopic (exact) mass is 294 g/mol. The van der Waals surface area contributed by atoms with Crippen LogP contribution in [0, 0.1) is 12.3 Å². The van der Waals surface area contributed by atoms with E-state index >= 15 is 0 Å². The number of carbonyl (C=O) groups is 2.